The molecule has 1 aromatic carbocycles. The average Bonchev–Trinajstić information content (AvgIpc) is 3.16. The standard InChI is InChI=1S/C27H27ClF5N3O5/c1-14-21(23(37)35-20-7-9-36(13-26(20,29)30)24(38)41-25(2,3)4)16-10-19(17(28)11-18(16)40-14)39-12-15-6-5-8-34-22(15)27(31,32)33/h5-6,8,10-11,20H,7,9,12-13H2,1-4H3,(H,35,37). The van der Waals surface area contributed by atoms with Crippen molar-refractivity contribution in [1.82, 2.24) is 15.2 Å². The highest BCUT2D eigenvalue weighted by Gasteiger charge is 2.47. The molecule has 3 heterocycles. The molecule has 1 aliphatic heterocycles. The van der Waals surface area contributed by atoms with E-state index in [2.05, 4.69) is 10.3 Å². The van der Waals surface area contributed by atoms with E-state index in [0.717, 1.165) is 11.1 Å². The largest absolute Gasteiger partial charge is 0.487 e. The van der Waals surface area contributed by atoms with Crippen molar-refractivity contribution in [3.8, 4) is 5.75 Å². The van der Waals surface area contributed by atoms with Crippen molar-refractivity contribution in [2.45, 2.75) is 64.5 Å². The van der Waals surface area contributed by atoms with Gasteiger partial charge in [-0.1, -0.05) is 17.7 Å². The molecule has 2 aromatic heterocycles. The zero-order chi connectivity index (χ0) is 30.3. The van der Waals surface area contributed by atoms with Gasteiger partial charge >= 0.3 is 12.3 Å². The quantitative estimate of drug-likeness (QED) is 0.324. The lowest BCUT2D eigenvalue weighted by atomic mass is 10.00. The number of carbonyl (C=O) groups excluding carboxylic acids is 2. The summed E-state index contributed by atoms with van der Waals surface area (Å²) in [4.78, 5) is 29.8. The van der Waals surface area contributed by atoms with Crippen LogP contribution in [0.1, 0.15) is 54.6 Å². The van der Waals surface area contributed by atoms with E-state index in [1.165, 1.54) is 31.2 Å². The number of aromatic nitrogens is 1. The van der Waals surface area contributed by atoms with Crippen molar-refractivity contribution < 1.29 is 45.4 Å². The first-order chi connectivity index (χ1) is 19.0. The summed E-state index contributed by atoms with van der Waals surface area (Å²) in [5, 5.41) is 2.49. The molecule has 1 atom stereocenters. The molecule has 0 spiro atoms. The van der Waals surface area contributed by atoms with Gasteiger partial charge in [-0.2, -0.15) is 13.2 Å². The second-order valence-electron chi connectivity index (χ2n) is 10.6. The molecule has 0 bridgehead atoms. The summed E-state index contributed by atoms with van der Waals surface area (Å²) in [6.07, 6.45) is -4.81. The van der Waals surface area contributed by atoms with Crippen LogP contribution in [0.25, 0.3) is 11.0 Å². The van der Waals surface area contributed by atoms with E-state index >= 15 is 8.78 Å². The van der Waals surface area contributed by atoms with E-state index in [-0.39, 0.29) is 51.6 Å². The highest BCUT2D eigenvalue weighted by molar-refractivity contribution is 6.33. The lowest BCUT2D eigenvalue weighted by molar-refractivity contribution is -0.142. The molecule has 0 radical (unpaired) electrons. The Morgan fingerprint density at radius 1 is 1.24 bits per heavy atom. The number of furan rings is 1. The predicted octanol–water partition coefficient (Wildman–Crippen LogP) is 6.76. The Kier molecular flexibility index (Phi) is 8.14. The summed E-state index contributed by atoms with van der Waals surface area (Å²) in [5.41, 5.74) is -2.13. The van der Waals surface area contributed by atoms with E-state index in [1.807, 2.05) is 0 Å². The normalized spacial score (nSPS) is 17.4. The molecule has 222 valence electrons. The van der Waals surface area contributed by atoms with Gasteiger partial charge < -0.3 is 24.1 Å². The first kappa shape index (κ1) is 30.4. The van der Waals surface area contributed by atoms with Crippen LogP contribution in [0, 0.1) is 6.92 Å². The molecule has 1 unspecified atom stereocenters. The highest BCUT2D eigenvalue weighted by Crippen LogP contribution is 2.37. The number of likely N-dealkylation sites (tertiary alicyclic amines) is 1. The lowest BCUT2D eigenvalue weighted by Crippen LogP contribution is -2.59. The van der Waals surface area contributed by atoms with Crippen LogP contribution in [0.4, 0.5) is 26.7 Å². The minimum atomic E-state index is -4.70. The van der Waals surface area contributed by atoms with Crippen LogP contribution in [0.2, 0.25) is 5.02 Å². The zero-order valence-electron chi connectivity index (χ0n) is 22.5. The van der Waals surface area contributed by atoms with Gasteiger partial charge in [-0.3, -0.25) is 9.78 Å². The fourth-order valence-electron chi connectivity index (χ4n) is 4.41. The minimum absolute atomic E-state index is 0.00305. The van der Waals surface area contributed by atoms with E-state index in [4.69, 9.17) is 25.5 Å². The van der Waals surface area contributed by atoms with E-state index in [1.54, 1.807) is 20.8 Å². The number of pyridine rings is 1. The average molecular weight is 604 g/mol. The number of hydrogen-bond acceptors (Lipinski definition) is 6. The number of benzene rings is 1. The van der Waals surface area contributed by atoms with Crippen LogP contribution in [0.5, 0.6) is 5.75 Å². The monoisotopic (exact) mass is 603 g/mol. The fourth-order valence-corrected chi connectivity index (χ4v) is 4.62. The number of nitrogens with one attached hydrogen (secondary N) is 1. The van der Waals surface area contributed by atoms with E-state index in [9.17, 15) is 22.8 Å². The Morgan fingerprint density at radius 3 is 2.59 bits per heavy atom. The van der Waals surface area contributed by atoms with Crippen LogP contribution in [0.3, 0.4) is 0 Å². The smallest absolute Gasteiger partial charge is 0.433 e. The van der Waals surface area contributed by atoms with Gasteiger partial charge in [0.25, 0.3) is 11.8 Å². The number of piperidine rings is 1. The topological polar surface area (TPSA) is 93.9 Å². The van der Waals surface area contributed by atoms with E-state index in [0.29, 0.717) is 0 Å². The molecule has 1 fully saturated rings. The molecule has 8 nitrogen and oxygen atoms in total. The van der Waals surface area contributed by atoms with Crippen molar-refractivity contribution in [2.75, 3.05) is 13.1 Å². The Morgan fingerprint density at radius 2 is 1.95 bits per heavy atom. The van der Waals surface area contributed by atoms with Gasteiger partial charge in [0.05, 0.1) is 23.2 Å². The van der Waals surface area contributed by atoms with Crippen molar-refractivity contribution in [2.24, 2.45) is 0 Å². The molecule has 2 amide bonds. The minimum Gasteiger partial charge on any atom is -0.487 e. The van der Waals surface area contributed by atoms with Crippen molar-refractivity contribution in [3.05, 3.63) is 58.1 Å². The molecular formula is C27H27ClF5N3O5. The number of ether oxygens (including phenoxy) is 2. The SMILES string of the molecule is Cc1oc2cc(Cl)c(OCc3cccnc3C(F)(F)F)cc2c1C(=O)NC1CCN(C(=O)OC(C)(C)C)CC1(F)F. The molecule has 1 aliphatic rings. The van der Waals surface area contributed by atoms with Gasteiger partial charge in [0.1, 0.15) is 29.3 Å². The summed E-state index contributed by atoms with van der Waals surface area (Å²) in [7, 11) is 0. The molecule has 3 aromatic rings. The van der Waals surface area contributed by atoms with Gasteiger partial charge in [0.15, 0.2) is 5.69 Å². The number of alkyl halides is 5. The van der Waals surface area contributed by atoms with Crippen LogP contribution >= 0.6 is 11.6 Å². The molecular weight excluding hydrogens is 577 g/mol. The maximum Gasteiger partial charge on any atom is 0.433 e. The van der Waals surface area contributed by atoms with Gasteiger partial charge in [0.2, 0.25) is 0 Å². The van der Waals surface area contributed by atoms with Crippen molar-refractivity contribution >= 4 is 34.6 Å². The summed E-state index contributed by atoms with van der Waals surface area (Å²) >= 11 is 6.25. The Labute approximate surface area is 236 Å². The van der Waals surface area contributed by atoms with Gasteiger partial charge in [-0.25, -0.2) is 13.6 Å². The summed E-state index contributed by atoms with van der Waals surface area (Å²) in [6, 6.07) is 3.56. The first-order valence-corrected chi connectivity index (χ1v) is 12.9. The Balaban J connectivity index is 1.53. The van der Waals surface area contributed by atoms with Gasteiger partial charge in [-0.15, -0.1) is 0 Å². The molecule has 41 heavy (non-hydrogen) atoms. The van der Waals surface area contributed by atoms with Crippen LogP contribution in [-0.2, 0) is 17.5 Å². The van der Waals surface area contributed by atoms with Crippen LogP contribution in [-0.4, -0.2) is 52.5 Å². The third-order valence-electron chi connectivity index (χ3n) is 6.24. The maximum absolute atomic E-state index is 15.0. The summed E-state index contributed by atoms with van der Waals surface area (Å²) < 4.78 is 86.2. The van der Waals surface area contributed by atoms with Gasteiger partial charge in [-0.05, 0) is 46.2 Å². The molecule has 0 saturated carbocycles. The first-order valence-electron chi connectivity index (χ1n) is 12.5. The third kappa shape index (κ3) is 6.83. The Bertz CT molecular complexity index is 1470. The predicted molar refractivity (Wildman–Crippen MR) is 138 cm³/mol. The molecule has 1 N–H and O–H groups in total. The number of hydrogen-bond donors (Lipinski definition) is 1. The summed E-state index contributed by atoms with van der Waals surface area (Å²) in [5.74, 6) is -4.28. The zero-order valence-corrected chi connectivity index (χ0v) is 23.3. The second-order valence-corrected chi connectivity index (χ2v) is 11.0. The van der Waals surface area contributed by atoms with Gasteiger partial charge in [0, 0.05) is 29.8 Å². The Hall–Kier alpha value is -3.61. The molecule has 4 rings (SSSR count). The number of amides is 2. The van der Waals surface area contributed by atoms with Crippen LogP contribution < -0.4 is 10.1 Å². The van der Waals surface area contributed by atoms with Crippen molar-refractivity contribution in [3.63, 3.8) is 0 Å². The number of aryl methyl sites for hydroxylation is 1. The van der Waals surface area contributed by atoms with Crippen molar-refractivity contribution in [1.29, 1.82) is 0 Å². The molecule has 1 saturated heterocycles. The maximum atomic E-state index is 15.0. The number of nitrogens with zero attached hydrogens (tertiary/aromatic N) is 2. The van der Waals surface area contributed by atoms with Crippen LogP contribution in [0.15, 0.2) is 34.9 Å². The number of fused-ring (bicyclic) bond motifs is 1. The number of rotatable bonds is 5. The number of carbonyl (C=O) groups is 2. The molecule has 0 aliphatic carbocycles. The summed E-state index contributed by atoms with van der Waals surface area (Å²) in [6.45, 7) is 4.77. The third-order valence-corrected chi connectivity index (χ3v) is 6.54. The fraction of sp³-hybridized carbons (Fsp3) is 0.444. The number of halogens is 6. The second kappa shape index (κ2) is 11.0. The highest BCUT2D eigenvalue weighted by atomic mass is 35.5. The molecule has 14 heteroatoms. The lowest BCUT2D eigenvalue weighted by Gasteiger charge is -2.38. The van der Waals surface area contributed by atoms with E-state index < -0.39 is 54.6 Å².